The minimum atomic E-state index is -3.27. The molecule has 0 heterocycles. The highest BCUT2D eigenvalue weighted by Gasteiger charge is 2.08. The van der Waals surface area contributed by atoms with Gasteiger partial charge >= 0.3 is 0 Å². The first kappa shape index (κ1) is 17.5. The van der Waals surface area contributed by atoms with Crippen molar-refractivity contribution in [3.8, 4) is 0 Å². The number of amides is 1. The zero-order valence-electron chi connectivity index (χ0n) is 13.2. The highest BCUT2D eigenvalue weighted by molar-refractivity contribution is 7.90. The number of nitrogens with two attached hydrogens (primary N) is 2. The van der Waals surface area contributed by atoms with Crippen LogP contribution in [0.5, 0.6) is 0 Å². The largest absolute Gasteiger partial charge is 0.404 e. The van der Waals surface area contributed by atoms with Gasteiger partial charge in [0, 0.05) is 18.0 Å². The number of benzene rings is 2. The molecule has 0 radical (unpaired) electrons. The molecular formula is C18H18N2O3S. The summed E-state index contributed by atoms with van der Waals surface area (Å²) in [7, 11) is -3.27. The van der Waals surface area contributed by atoms with E-state index in [0.717, 1.165) is 17.4 Å². The van der Waals surface area contributed by atoms with Crippen LogP contribution in [0.1, 0.15) is 15.9 Å². The molecule has 6 heteroatoms. The molecule has 24 heavy (non-hydrogen) atoms. The summed E-state index contributed by atoms with van der Waals surface area (Å²) in [6.45, 7) is 3.81. The average molecular weight is 342 g/mol. The van der Waals surface area contributed by atoms with Gasteiger partial charge in [0.05, 0.1) is 4.90 Å². The number of sulfone groups is 1. The average Bonchev–Trinajstić information content (AvgIpc) is 2.55. The lowest BCUT2D eigenvalue weighted by molar-refractivity contribution is 0.1000. The lowest BCUT2D eigenvalue weighted by atomic mass is 10.0. The Hall–Kier alpha value is -2.86. The van der Waals surface area contributed by atoms with Crippen LogP contribution in [0.25, 0.3) is 11.8 Å². The monoisotopic (exact) mass is 342 g/mol. The lowest BCUT2D eigenvalue weighted by Crippen LogP contribution is -2.30. The van der Waals surface area contributed by atoms with Crippen molar-refractivity contribution in [2.24, 2.45) is 11.5 Å². The van der Waals surface area contributed by atoms with Crippen LogP contribution in [0.15, 0.2) is 60.0 Å². The Balaban J connectivity index is 2.80. The van der Waals surface area contributed by atoms with E-state index in [4.69, 9.17) is 11.5 Å². The summed E-state index contributed by atoms with van der Waals surface area (Å²) in [5.74, 6) is -0.546. The molecule has 0 spiro atoms. The maximum atomic E-state index is 11.6. The maximum Gasteiger partial charge on any atom is 0.248 e. The normalized spacial score (nSPS) is 13.5. The quantitative estimate of drug-likeness (QED) is 0.832. The summed E-state index contributed by atoms with van der Waals surface area (Å²) >= 11 is 0. The van der Waals surface area contributed by atoms with E-state index in [1.807, 2.05) is 0 Å². The second kappa shape index (κ2) is 6.72. The molecule has 0 saturated heterocycles. The van der Waals surface area contributed by atoms with Gasteiger partial charge in [0.25, 0.3) is 0 Å². The van der Waals surface area contributed by atoms with Gasteiger partial charge in [-0.1, -0.05) is 30.9 Å². The highest BCUT2D eigenvalue weighted by atomic mass is 32.2. The minimum Gasteiger partial charge on any atom is -0.404 e. The van der Waals surface area contributed by atoms with Crippen LogP contribution in [0.3, 0.4) is 0 Å². The molecule has 4 N–H and O–H groups in total. The second-order valence-corrected chi connectivity index (χ2v) is 7.26. The first-order valence-corrected chi connectivity index (χ1v) is 8.96. The highest BCUT2D eigenvalue weighted by Crippen LogP contribution is 2.16. The molecule has 124 valence electrons. The fourth-order valence-electron chi connectivity index (χ4n) is 2.35. The number of rotatable bonds is 4. The molecule has 0 bridgehead atoms. The number of primary amides is 1. The van der Waals surface area contributed by atoms with Crippen LogP contribution < -0.4 is 21.9 Å². The van der Waals surface area contributed by atoms with Crippen LogP contribution >= 0.6 is 0 Å². The number of carbonyl (C=O) groups excluding carboxylic acids is 1. The van der Waals surface area contributed by atoms with Gasteiger partial charge in [0.15, 0.2) is 9.84 Å². The van der Waals surface area contributed by atoms with Crippen LogP contribution in [0, 0.1) is 0 Å². The number of hydrogen-bond donors (Lipinski definition) is 2. The van der Waals surface area contributed by atoms with E-state index in [1.165, 1.54) is 18.3 Å². The fraction of sp³-hybridized carbons (Fsp3) is 0.0556. The van der Waals surface area contributed by atoms with Crippen molar-refractivity contribution in [3.63, 3.8) is 0 Å². The number of carbonyl (C=O) groups is 1. The van der Waals surface area contributed by atoms with Crippen molar-refractivity contribution in [1.29, 1.82) is 0 Å². The molecule has 5 nitrogen and oxygen atoms in total. The zero-order chi connectivity index (χ0) is 17.9. The standard InChI is InChI=1S/C18H18N2O3S/c1-3-16(12-6-8-15(9-7-12)24(2,22)23)17-10-13(18(20)21)4-5-14(17)11-19/h3-11H,1,19H2,2H3,(H2,20,21)/b14-11-,17-16+. The van der Waals surface area contributed by atoms with Crippen molar-refractivity contribution in [2.45, 2.75) is 4.90 Å². The van der Waals surface area contributed by atoms with Crippen molar-refractivity contribution in [3.05, 3.63) is 76.7 Å². The van der Waals surface area contributed by atoms with E-state index in [9.17, 15) is 13.2 Å². The Labute approximate surface area is 140 Å². The molecule has 2 aromatic rings. The van der Waals surface area contributed by atoms with Crippen molar-refractivity contribution < 1.29 is 13.2 Å². The second-order valence-electron chi connectivity index (χ2n) is 5.25. The van der Waals surface area contributed by atoms with Crippen molar-refractivity contribution in [1.82, 2.24) is 0 Å². The molecule has 0 aromatic heterocycles. The van der Waals surface area contributed by atoms with Gasteiger partial charge in [0.2, 0.25) is 5.91 Å². The predicted molar refractivity (Wildman–Crippen MR) is 95.1 cm³/mol. The smallest absolute Gasteiger partial charge is 0.248 e. The first-order valence-electron chi connectivity index (χ1n) is 7.07. The number of allylic oxidation sites excluding steroid dienone is 1. The van der Waals surface area contributed by atoms with Crippen molar-refractivity contribution >= 4 is 27.5 Å². The Bertz CT molecular complexity index is 1020. The van der Waals surface area contributed by atoms with E-state index in [-0.39, 0.29) is 4.90 Å². The van der Waals surface area contributed by atoms with Crippen LogP contribution in [-0.4, -0.2) is 20.6 Å². The van der Waals surface area contributed by atoms with Gasteiger partial charge < -0.3 is 11.5 Å². The summed E-state index contributed by atoms with van der Waals surface area (Å²) < 4.78 is 23.1. The van der Waals surface area contributed by atoms with Gasteiger partial charge in [-0.2, -0.15) is 0 Å². The summed E-state index contributed by atoms with van der Waals surface area (Å²) in [6.07, 6.45) is 4.20. The molecule has 2 rings (SSSR count). The van der Waals surface area contributed by atoms with E-state index in [0.29, 0.717) is 16.0 Å². The van der Waals surface area contributed by atoms with Gasteiger partial charge in [-0.05, 0) is 45.8 Å². The predicted octanol–water partition coefficient (Wildman–Crippen LogP) is 0.271. The van der Waals surface area contributed by atoms with Crippen LogP contribution in [0.2, 0.25) is 0 Å². The Morgan fingerprint density at radius 1 is 1.08 bits per heavy atom. The molecular weight excluding hydrogens is 324 g/mol. The Kier molecular flexibility index (Phi) is 4.90. The molecule has 1 amide bonds. The summed E-state index contributed by atoms with van der Waals surface area (Å²) in [5.41, 5.74) is 12.8. The van der Waals surface area contributed by atoms with E-state index in [1.54, 1.807) is 36.4 Å². The molecule has 0 aliphatic heterocycles. The molecule has 0 atom stereocenters. The maximum absolute atomic E-state index is 11.6. The Morgan fingerprint density at radius 2 is 1.67 bits per heavy atom. The van der Waals surface area contributed by atoms with Crippen LogP contribution in [0.4, 0.5) is 0 Å². The summed E-state index contributed by atoms with van der Waals surface area (Å²) in [4.78, 5) is 11.7. The summed E-state index contributed by atoms with van der Waals surface area (Å²) in [6, 6.07) is 11.4. The van der Waals surface area contributed by atoms with E-state index in [2.05, 4.69) is 6.58 Å². The number of hydrogen-bond acceptors (Lipinski definition) is 4. The lowest BCUT2D eigenvalue weighted by Gasteiger charge is -2.06. The van der Waals surface area contributed by atoms with Gasteiger partial charge in [0.1, 0.15) is 0 Å². The molecule has 2 aromatic carbocycles. The zero-order valence-corrected chi connectivity index (χ0v) is 14.0. The molecule has 0 aliphatic carbocycles. The third kappa shape index (κ3) is 3.55. The van der Waals surface area contributed by atoms with Crippen molar-refractivity contribution in [2.75, 3.05) is 6.26 Å². The molecule has 0 aliphatic rings. The Morgan fingerprint density at radius 3 is 2.12 bits per heavy atom. The summed E-state index contributed by atoms with van der Waals surface area (Å²) in [5, 5.41) is 1.40. The molecule has 0 saturated carbocycles. The minimum absolute atomic E-state index is 0.228. The topological polar surface area (TPSA) is 103 Å². The molecule has 0 unspecified atom stereocenters. The molecule has 0 fully saturated rings. The van der Waals surface area contributed by atoms with E-state index >= 15 is 0 Å². The fourth-order valence-corrected chi connectivity index (χ4v) is 2.98. The van der Waals surface area contributed by atoms with E-state index < -0.39 is 15.7 Å². The van der Waals surface area contributed by atoms with Crippen LogP contribution in [-0.2, 0) is 9.84 Å². The van der Waals surface area contributed by atoms with Gasteiger partial charge in [-0.3, -0.25) is 4.79 Å². The third-order valence-electron chi connectivity index (χ3n) is 3.61. The first-order chi connectivity index (χ1) is 11.3. The third-order valence-corrected chi connectivity index (χ3v) is 4.73. The van der Waals surface area contributed by atoms with Gasteiger partial charge in [-0.15, -0.1) is 0 Å². The van der Waals surface area contributed by atoms with Gasteiger partial charge in [-0.25, -0.2) is 8.42 Å². The SMILES string of the molecule is C=C/C(c1ccc(S(C)(=O)=O)cc1)=c1/cc(C(N)=O)cc/c1=C/N.